The monoisotopic (exact) mass is 151 g/mol. The van der Waals surface area contributed by atoms with Gasteiger partial charge in [0.05, 0.1) is 0 Å². The molecule has 0 unspecified atom stereocenters. The summed E-state index contributed by atoms with van der Waals surface area (Å²) in [5.74, 6) is 0. The second-order valence-electron chi connectivity index (χ2n) is 0.448. The molecule has 0 atom stereocenters. The van der Waals surface area contributed by atoms with E-state index in [1.165, 1.54) is 0 Å². The Balaban J connectivity index is -0.0000000750. The zero-order valence-electron chi connectivity index (χ0n) is 4.23. The van der Waals surface area contributed by atoms with Crippen molar-refractivity contribution in [1.29, 1.82) is 0 Å². The summed E-state index contributed by atoms with van der Waals surface area (Å²) in [5, 5.41) is 0. The van der Waals surface area contributed by atoms with Gasteiger partial charge in [-0.1, -0.05) is 0 Å². The Hall–Kier alpha value is 0.540. The van der Waals surface area contributed by atoms with Crippen molar-refractivity contribution in [3.05, 3.63) is 0 Å². The molecule has 0 aromatic carbocycles. The summed E-state index contributed by atoms with van der Waals surface area (Å²) >= 11 is 0. The smallest absolute Gasteiger partial charge is 0.307 e. The SMILES string of the molecule is C=O.O=S(=O)(O)O.[Na]. The third-order valence-electron chi connectivity index (χ3n) is 0. The molecule has 0 aromatic rings. The van der Waals surface area contributed by atoms with Crippen molar-refractivity contribution >= 4 is 46.7 Å². The molecule has 7 heteroatoms. The van der Waals surface area contributed by atoms with Crippen molar-refractivity contribution in [3.8, 4) is 0 Å². The Morgan fingerprint density at radius 3 is 1.12 bits per heavy atom. The Morgan fingerprint density at radius 1 is 1.12 bits per heavy atom. The molecule has 0 aliphatic heterocycles. The Labute approximate surface area is 69.0 Å². The van der Waals surface area contributed by atoms with Gasteiger partial charge in [0.25, 0.3) is 0 Å². The van der Waals surface area contributed by atoms with Crippen LogP contribution in [0.2, 0.25) is 0 Å². The van der Waals surface area contributed by atoms with Crippen molar-refractivity contribution in [2.75, 3.05) is 0 Å². The maximum Gasteiger partial charge on any atom is 0.394 e. The zero-order chi connectivity index (χ0) is 6.50. The van der Waals surface area contributed by atoms with Gasteiger partial charge in [0.2, 0.25) is 0 Å². The van der Waals surface area contributed by atoms with Crippen LogP contribution in [0.3, 0.4) is 0 Å². The molecule has 0 saturated carbocycles. The fourth-order valence-corrected chi connectivity index (χ4v) is 0. The summed E-state index contributed by atoms with van der Waals surface area (Å²) in [6.45, 7) is 2.00. The Kier molecular flexibility index (Phi) is 14.9. The molecule has 1 radical (unpaired) electrons. The van der Waals surface area contributed by atoms with Gasteiger partial charge in [-0.25, -0.2) is 0 Å². The molecule has 0 heterocycles. The van der Waals surface area contributed by atoms with E-state index in [0.29, 0.717) is 0 Å². The summed E-state index contributed by atoms with van der Waals surface area (Å²) in [6.07, 6.45) is 0. The molecule has 0 bridgehead atoms. The quantitative estimate of drug-likeness (QED) is 0.334. The molecule has 45 valence electrons. The predicted octanol–water partition coefficient (Wildman–Crippen LogP) is -1.22. The van der Waals surface area contributed by atoms with E-state index in [4.69, 9.17) is 22.3 Å². The van der Waals surface area contributed by atoms with Crippen molar-refractivity contribution in [2.24, 2.45) is 0 Å². The Morgan fingerprint density at radius 2 is 1.12 bits per heavy atom. The topological polar surface area (TPSA) is 91.7 Å². The van der Waals surface area contributed by atoms with Crippen LogP contribution in [-0.4, -0.2) is 53.9 Å². The Bertz CT molecular complexity index is 106. The van der Waals surface area contributed by atoms with Crippen LogP contribution >= 0.6 is 0 Å². The second kappa shape index (κ2) is 7.54. The minimum absolute atomic E-state index is 0. The van der Waals surface area contributed by atoms with Crippen molar-refractivity contribution in [2.45, 2.75) is 0 Å². The minimum atomic E-state index is -4.67. The maximum absolute atomic E-state index is 8.74. The average Bonchev–Trinajstić information content (AvgIpc) is 1.36. The van der Waals surface area contributed by atoms with Crippen LogP contribution < -0.4 is 0 Å². The first-order chi connectivity index (χ1) is 3.00. The summed E-state index contributed by atoms with van der Waals surface area (Å²) in [4.78, 5) is 8.00. The van der Waals surface area contributed by atoms with E-state index in [9.17, 15) is 0 Å². The molecule has 2 N–H and O–H groups in total. The van der Waals surface area contributed by atoms with E-state index in [2.05, 4.69) is 0 Å². The van der Waals surface area contributed by atoms with E-state index in [1.807, 2.05) is 6.79 Å². The van der Waals surface area contributed by atoms with E-state index in [-0.39, 0.29) is 29.6 Å². The molecule has 0 aromatic heterocycles. The largest absolute Gasteiger partial charge is 0.394 e. The summed E-state index contributed by atoms with van der Waals surface area (Å²) < 4.78 is 31.6. The molecule has 0 aliphatic rings. The van der Waals surface area contributed by atoms with Crippen molar-refractivity contribution in [3.63, 3.8) is 0 Å². The normalized spacial score (nSPS) is 7.75. The van der Waals surface area contributed by atoms with Gasteiger partial charge < -0.3 is 4.79 Å². The van der Waals surface area contributed by atoms with Gasteiger partial charge in [0.15, 0.2) is 0 Å². The first-order valence-electron chi connectivity index (χ1n) is 0.987. The van der Waals surface area contributed by atoms with Gasteiger partial charge >= 0.3 is 10.4 Å². The summed E-state index contributed by atoms with van der Waals surface area (Å²) in [7, 11) is -4.67. The van der Waals surface area contributed by atoms with Crippen LogP contribution in [0.25, 0.3) is 0 Å². The maximum atomic E-state index is 8.74. The standard InChI is InChI=1S/CH2O.Na.H2O4S/c1-2;;1-5(2,3)4/h1H2;;(H2,1,2,3,4). The fourth-order valence-electron chi connectivity index (χ4n) is 0. The molecule has 8 heavy (non-hydrogen) atoms. The number of carbonyl (C=O) groups excluding carboxylic acids is 1. The summed E-state index contributed by atoms with van der Waals surface area (Å²) in [5.41, 5.74) is 0. The molecule has 0 aliphatic carbocycles. The number of hydrogen-bond acceptors (Lipinski definition) is 3. The fraction of sp³-hybridized carbons (Fsp3) is 0. The van der Waals surface area contributed by atoms with Gasteiger partial charge in [0.1, 0.15) is 6.79 Å². The first kappa shape index (κ1) is 15.8. The summed E-state index contributed by atoms with van der Waals surface area (Å²) in [6, 6.07) is 0. The van der Waals surface area contributed by atoms with Crippen LogP contribution in [0, 0.1) is 0 Å². The molecule has 0 saturated heterocycles. The van der Waals surface area contributed by atoms with Crippen molar-refractivity contribution < 1.29 is 22.3 Å². The molecule has 0 rings (SSSR count). The number of hydrogen-bond donors (Lipinski definition) is 2. The molecule has 0 spiro atoms. The van der Waals surface area contributed by atoms with Gasteiger partial charge in [-0.2, -0.15) is 8.42 Å². The molecule has 0 amide bonds. The van der Waals surface area contributed by atoms with Gasteiger partial charge in [-0.05, 0) is 0 Å². The van der Waals surface area contributed by atoms with Crippen LogP contribution in [0.1, 0.15) is 0 Å². The minimum Gasteiger partial charge on any atom is -0.307 e. The third-order valence-corrected chi connectivity index (χ3v) is 0. The van der Waals surface area contributed by atoms with Crippen molar-refractivity contribution in [1.82, 2.24) is 0 Å². The number of carbonyl (C=O) groups is 1. The number of rotatable bonds is 0. The molecular weight excluding hydrogens is 147 g/mol. The first-order valence-corrected chi connectivity index (χ1v) is 2.38. The van der Waals surface area contributed by atoms with Gasteiger partial charge in [-0.15, -0.1) is 0 Å². The van der Waals surface area contributed by atoms with Gasteiger partial charge in [-0.3, -0.25) is 9.11 Å². The van der Waals surface area contributed by atoms with E-state index in [0.717, 1.165) is 0 Å². The average molecular weight is 151 g/mol. The second-order valence-corrected chi connectivity index (χ2v) is 1.34. The third kappa shape index (κ3) is 688. The molecule has 5 nitrogen and oxygen atoms in total. The van der Waals surface area contributed by atoms with Crippen LogP contribution in [-0.2, 0) is 15.2 Å². The van der Waals surface area contributed by atoms with Crippen LogP contribution in [0.15, 0.2) is 0 Å². The zero-order valence-corrected chi connectivity index (χ0v) is 7.05. The van der Waals surface area contributed by atoms with Crippen LogP contribution in [0.5, 0.6) is 0 Å². The molecule has 0 fully saturated rings. The van der Waals surface area contributed by atoms with E-state index >= 15 is 0 Å². The van der Waals surface area contributed by atoms with E-state index < -0.39 is 10.4 Å². The molecular formula is CH4NaO5S. The predicted molar refractivity (Wildman–Crippen MR) is 27.1 cm³/mol. The van der Waals surface area contributed by atoms with Crippen LogP contribution in [0.4, 0.5) is 0 Å². The van der Waals surface area contributed by atoms with Gasteiger partial charge in [0, 0.05) is 29.6 Å². The van der Waals surface area contributed by atoms with E-state index in [1.54, 1.807) is 0 Å².